The highest BCUT2D eigenvalue weighted by atomic mass is 19.2. The molecule has 0 radical (unpaired) electrons. The van der Waals surface area contributed by atoms with Crippen molar-refractivity contribution in [3.8, 4) is 28.0 Å². The van der Waals surface area contributed by atoms with Crippen LogP contribution in [0.4, 0.5) is 8.78 Å². The van der Waals surface area contributed by atoms with E-state index in [1.54, 1.807) is 6.07 Å². The molecule has 0 saturated carbocycles. The Bertz CT molecular complexity index is 918. The fraction of sp³-hybridized carbons (Fsp3) is 0.308. The summed E-state index contributed by atoms with van der Waals surface area (Å²) in [4.78, 5) is 0. The molecule has 0 amide bonds. The van der Waals surface area contributed by atoms with Gasteiger partial charge in [-0.15, -0.1) is 0 Å². The van der Waals surface area contributed by atoms with Gasteiger partial charge in [-0.3, -0.25) is 0 Å². The molecule has 0 fully saturated rings. The molecule has 0 bridgehead atoms. The molecule has 0 saturated heterocycles. The van der Waals surface area contributed by atoms with E-state index in [2.05, 4.69) is 6.92 Å². The van der Waals surface area contributed by atoms with Crippen LogP contribution in [-0.4, -0.2) is 6.61 Å². The summed E-state index contributed by atoms with van der Waals surface area (Å²) in [7, 11) is 0. The standard InChI is InChI=1S/C26H28F2O/c1-3-5-9-17-29-24-18-23(26(28)25(27)22(24)10-4-2)21-15-13-20(14-16-21)19-11-7-6-8-12-19/h6-8,11-16,18H,3-5,9-10,17H2,1-2H3. The summed E-state index contributed by atoms with van der Waals surface area (Å²) in [6.45, 7) is 4.59. The van der Waals surface area contributed by atoms with E-state index in [9.17, 15) is 8.78 Å². The van der Waals surface area contributed by atoms with E-state index in [4.69, 9.17) is 4.74 Å². The van der Waals surface area contributed by atoms with E-state index in [-0.39, 0.29) is 5.56 Å². The molecule has 0 heterocycles. The predicted octanol–water partition coefficient (Wildman–Crippen LogP) is 7.82. The molecule has 3 aromatic rings. The zero-order chi connectivity index (χ0) is 20.6. The average molecular weight is 395 g/mol. The van der Waals surface area contributed by atoms with Gasteiger partial charge in [-0.25, -0.2) is 8.78 Å². The van der Waals surface area contributed by atoms with Gasteiger partial charge in [0.25, 0.3) is 0 Å². The highest BCUT2D eigenvalue weighted by molar-refractivity contribution is 5.72. The number of ether oxygens (including phenoxy) is 1. The average Bonchev–Trinajstić information content (AvgIpc) is 2.76. The van der Waals surface area contributed by atoms with Gasteiger partial charge >= 0.3 is 0 Å². The molecule has 0 spiro atoms. The Labute approximate surface area is 172 Å². The van der Waals surface area contributed by atoms with Crippen molar-refractivity contribution in [3.05, 3.63) is 77.9 Å². The lowest BCUT2D eigenvalue weighted by Gasteiger charge is -2.16. The fourth-order valence-electron chi connectivity index (χ4n) is 3.47. The van der Waals surface area contributed by atoms with Gasteiger partial charge in [0.15, 0.2) is 11.6 Å². The van der Waals surface area contributed by atoms with Crippen LogP contribution < -0.4 is 4.74 Å². The van der Waals surface area contributed by atoms with Gasteiger partial charge in [0, 0.05) is 11.1 Å². The van der Waals surface area contributed by atoms with Gasteiger partial charge in [-0.05, 0) is 35.6 Å². The summed E-state index contributed by atoms with van der Waals surface area (Å²) < 4.78 is 35.6. The monoisotopic (exact) mass is 394 g/mol. The second kappa shape index (κ2) is 10.2. The second-order valence-corrected chi connectivity index (χ2v) is 7.28. The number of rotatable bonds is 9. The molecule has 0 aliphatic carbocycles. The first-order valence-electron chi connectivity index (χ1n) is 10.4. The first-order valence-corrected chi connectivity index (χ1v) is 10.4. The second-order valence-electron chi connectivity index (χ2n) is 7.28. The third kappa shape index (κ3) is 5.03. The summed E-state index contributed by atoms with van der Waals surface area (Å²) in [6.07, 6.45) is 4.23. The zero-order valence-electron chi connectivity index (χ0n) is 17.2. The maximum Gasteiger partial charge on any atom is 0.167 e. The van der Waals surface area contributed by atoms with E-state index in [0.29, 0.717) is 29.9 Å². The normalized spacial score (nSPS) is 10.9. The SMILES string of the molecule is CCCCCOc1cc(-c2ccc(-c3ccccc3)cc2)c(F)c(F)c1CCC. The molecule has 0 aliphatic rings. The number of unbranched alkanes of at least 4 members (excludes halogenated alkanes) is 2. The van der Waals surface area contributed by atoms with Crippen molar-refractivity contribution >= 4 is 0 Å². The lowest BCUT2D eigenvalue weighted by atomic mass is 9.97. The van der Waals surface area contributed by atoms with Crippen LogP contribution in [-0.2, 0) is 6.42 Å². The molecule has 0 atom stereocenters. The lowest BCUT2D eigenvalue weighted by Crippen LogP contribution is -2.05. The van der Waals surface area contributed by atoms with E-state index in [1.165, 1.54) is 0 Å². The van der Waals surface area contributed by atoms with Gasteiger partial charge in [-0.2, -0.15) is 0 Å². The minimum Gasteiger partial charge on any atom is -0.493 e. The quantitative estimate of drug-likeness (QED) is 0.336. The number of benzene rings is 3. The van der Waals surface area contributed by atoms with Crippen LogP contribution in [0.25, 0.3) is 22.3 Å². The van der Waals surface area contributed by atoms with Crippen molar-refractivity contribution in [2.24, 2.45) is 0 Å². The molecule has 3 heteroatoms. The van der Waals surface area contributed by atoms with Crippen molar-refractivity contribution in [2.45, 2.75) is 46.0 Å². The van der Waals surface area contributed by atoms with Crippen LogP contribution in [0, 0.1) is 11.6 Å². The van der Waals surface area contributed by atoms with Crippen LogP contribution in [0.2, 0.25) is 0 Å². The van der Waals surface area contributed by atoms with Crippen LogP contribution in [0.1, 0.15) is 45.1 Å². The Kier molecular flexibility index (Phi) is 7.40. The summed E-state index contributed by atoms with van der Waals surface area (Å²) in [5, 5.41) is 0. The number of hydrogen-bond donors (Lipinski definition) is 0. The highest BCUT2D eigenvalue weighted by Gasteiger charge is 2.20. The maximum atomic E-state index is 14.9. The van der Waals surface area contributed by atoms with Crippen LogP contribution in [0.3, 0.4) is 0 Å². The molecule has 152 valence electrons. The molecule has 3 aromatic carbocycles. The number of hydrogen-bond acceptors (Lipinski definition) is 1. The largest absolute Gasteiger partial charge is 0.493 e. The predicted molar refractivity (Wildman–Crippen MR) is 116 cm³/mol. The van der Waals surface area contributed by atoms with Gasteiger partial charge in [0.2, 0.25) is 0 Å². The molecule has 0 unspecified atom stereocenters. The first kappa shape index (κ1) is 21.0. The van der Waals surface area contributed by atoms with E-state index >= 15 is 0 Å². The summed E-state index contributed by atoms with van der Waals surface area (Å²) in [6, 6.07) is 19.2. The first-order chi connectivity index (χ1) is 14.2. The molecule has 29 heavy (non-hydrogen) atoms. The molecule has 0 aromatic heterocycles. The Morgan fingerprint density at radius 3 is 2.03 bits per heavy atom. The third-order valence-electron chi connectivity index (χ3n) is 5.08. The summed E-state index contributed by atoms with van der Waals surface area (Å²) in [5.41, 5.74) is 3.35. The zero-order valence-corrected chi connectivity index (χ0v) is 17.2. The van der Waals surface area contributed by atoms with E-state index < -0.39 is 11.6 Å². The highest BCUT2D eigenvalue weighted by Crippen LogP contribution is 2.35. The molecule has 0 N–H and O–H groups in total. The van der Waals surface area contributed by atoms with Gasteiger partial charge in [-0.1, -0.05) is 87.7 Å². The topological polar surface area (TPSA) is 9.23 Å². The Morgan fingerprint density at radius 2 is 1.38 bits per heavy atom. The van der Waals surface area contributed by atoms with Gasteiger partial charge in [0.1, 0.15) is 5.75 Å². The van der Waals surface area contributed by atoms with Gasteiger partial charge < -0.3 is 4.74 Å². The minimum absolute atomic E-state index is 0.243. The van der Waals surface area contributed by atoms with Crippen LogP contribution in [0.15, 0.2) is 60.7 Å². The Hall–Kier alpha value is -2.68. The summed E-state index contributed by atoms with van der Waals surface area (Å²) in [5.74, 6) is -1.13. The Balaban J connectivity index is 1.94. The van der Waals surface area contributed by atoms with Crippen LogP contribution >= 0.6 is 0 Å². The van der Waals surface area contributed by atoms with Crippen molar-refractivity contribution < 1.29 is 13.5 Å². The molecule has 3 rings (SSSR count). The maximum absolute atomic E-state index is 14.9. The van der Waals surface area contributed by atoms with Gasteiger partial charge in [0.05, 0.1) is 6.61 Å². The molecular formula is C26H28F2O. The molecule has 0 aliphatic heterocycles. The molecular weight excluding hydrogens is 366 g/mol. The van der Waals surface area contributed by atoms with E-state index in [1.807, 2.05) is 61.5 Å². The van der Waals surface area contributed by atoms with Crippen molar-refractivity contribution in [1.82, 2.24) is 0 Å². The van der Waals surface area contributed by atoms with Crippen molar-refractivity contribution in [3.63, 3.8) is 0 Å². The smallest absolute Gasteiger partial charge is 0.167 e. The summed E-state index contributed by atoms with van der Waals surface area (Å²) >= 11 is 0. The van der Waals surface area contributed by atoms with Crippen LogP contribution in [0.5, 0.6) is 5.75 Å². The Morgan fingerprint density at radius 1 is 0.724 bits per heavy atom. The third-order valence-corrected chi connectivity index (χ3v) is 5.08. The minimum atomic E-state index is -0.804. The van der Waals surface area contributed by atoms with Crippen molar-refractivity contribution in [2.75, 3.05) is 6.61 Å². The fourth-order valence-corrected chi connectivity index (χ4v) is 3.47. The lowest BCUT2D eigenvalue weighted by molar-refractivity contribution is 0.299. The number of halogens is 2. The van der Waals surface area contributed by atoms with E-state index in [0.717, 1.165) is 36.8 Å². The van der Waals surface area contributed by atoms with Crippen molar-refractivity contribution in [1.29, 1.82) is 0 Å². The molecule has 1 nitrogen and oxygen atoms in total.